The molecule has 0 bridgehead atoms. The van der Waals surface area contributed by atoms with Crippen LogP contribution in [-0.4, -0.2) is 30.8 Å². The van der Waals surface area contributed by atoms with E-state index in [0.717, 1.165) is 17.7 Å². The topological polar surface area (TPSA) is 60.5 Å². The third-order valence-electron chi connectivity index (χ3n) is 4.61. The lowest BCUT2D eigenvalue weighted by Crippen LogP contribution is -2.29. The molecule has 2 aromatic rings. The largest absolute Gasteiger partial charge is 0.497 e. The van der Waals surface area contributed by atoms with Gasteiger partial charge in [0.2, 0.25) is 5.91 Å². The third-order valence-corrected chi connectivity index (χ3v) is 4.61. The zero-order valence-electron chi connectivity index (χ0n) is 15.5. The summed E-state index contributed by atoms with van der Waals surface area (Å²) in [6.45, 7) is 0.410. The Labute approximate surface area is 160 Å². The van der Waals surface area contributed by atoms with Crippen molar-refractivity contribution in [2.24, 2.45) is 5.92 Å². The van der Waals surface area contributed by atoms with Gasteiger partial charge in [-0.25, -0.2) is 0 Å². The Bertz CT molecular complexity index is 824. The van der Waals surface area contributed by atoms with Crippen molar-refractivity contribution in [2.75, 3.05) is 13.7 Å². The van der Waals surface area contributed by atoms with E-state index in [1.807, 2.05) is 24.3 Å². The highest BCUT2D eigenvalue weighted by atomic mass is 19.4. The summed E-state index contributed by atoms with van der Waals surface area (Å²) in [6.07, 6.45) is -2.41. The van der Waals surface area contributed by atoms with Crippen molar-refractivity contribution in [3.63, 3.8) is 0 Å². The Balaban J connectivity index is 1.53. The van der Waals surface area contributed by atoms with E-state index in [0.29, 0.717) is 5.69 Å². The summed E-state index contributed by atoms with van der Waals surface area (Å²) in [5.41, 5.74) is 1.61. The summed E-state index contributed by atoms with van der Waals surface area (Å²) in [6, 6.07) is 10.3. The Morgan fingerprint density at radius 1 is 1.29 bits per heavy atom. The van der Waals surface area contributed by atoms with Crippen molar-refractivity contribution in [2.45, 2.75) is 31.5 Å². The molecule has 1 aliphatic rings. The van der Waals surface area contributed by atoms with Crippen LogP contribution in [0.3, 0.4) is 0 Å². The van der Waals surface area contributed by atoms with Gasteiger partial charge < -0.3 is 14.8 Å². The number of nitrogens with one attached hydrogen (secondary N) is 1. The van der Waals surface area contributed by atoms with Crippen molar-refractivity contribution in [1.29, 1.82) is 0 Å². The first-order valence-corrected chi connectivity index (χ1v) is 8.86. The molecule has 1 aliphatic carbocycles. The summed E-state index contributed by atoms with van der Waals surface area (Å²) in [7, 11) is 1.60. The molecule has 0 saturated heterocycles. The first kappa shape index (κ1) is 20.0. The molecule has 8 heteroatoms. The summed E-state index contributed by atoms with van der Waals surface area (Å²) in [5.74, 6) is 0.769. The predicted molar refractivity (Wildman–Crippen MR) is 96.2 cm³/mol. The van der Waals surface area contributed by atoms with Crippen molar-refractivity contribution in [3.8, 4) is 11.5 Å². The minimum absolute atomic E-state index is 0.0277. The van der Waals surface area contributed by atoms with Gasteiger partial charge in [-0.1, -0.05) is 12.1 Å². The average Bonchev–Trinajstić information content (AvgIpc) is 3.47. The number of rotatable bonds is 7. The number of carbonyl (C=O) groups excluding carboxylic acids is 1. The smallest absolute Gasteiger partial charge is 0.422 e. The second kappa shape index (κ2) is 8.08. The minimum atomic E-state index is -4.40. The fourth-order valence-corrected chi connectivity index (χ4v) is 3.02. The van der Waals surface area contributed by atoms with Gasteiger partial charge in [-0.2, -0.15) is 13.2 Å². The van der Waals surface area contributed by atoms with Gasteiger partial charge >= 0.3 is 6.18 Å². The molecule has 5 nitrogen and oxygen atoms in total. The number of carbonyl (C=O) groups is 1. The average molecular weight is 394 g/mol. The standard InChI is InChI=1S/C20H21F3N2O3/c1-12(18-7-6-15(10-24-18)28-11-20(21,22)23)25-19(26)17-9-16(17)13-4-3-5-14(8-13)27-2/h3-8,10,12,16-17H,9,11H2,1-2H3,(H,25,26)/t12-,16-,17+/m1/s1. The number of benzene rings is 1. The second-order valence-corrected chi connectivity index (χ2v) is 6.78. The maximum absolute atomic E-state index is 12.5. The van der Waals surface area contributed by atoms with Crippen LogP contribution in [0.4, 0.5) is 13.2 Å². The number of aromatic nitrogens is 1. The van der Waals surface area contributed by atoms with Crippen molar-refractivity contribution < 1.29 is 27.4 Å². The molecule has 0 unspecified atom stereocenters. The van der Waals surface area contributed by atoms with E-state index in [4.69, 9.17) is 4.74 Å². The number of halogens is 3. The van der Waals surface area contributed by atoms with E-state index in [1.54, 1.807) is 20.1 Å². The Kier molecular flexibility index (Phi) is 5.76. The first-order chi connectivity index (χ1) is 13.3. The van der Waals surface area contributed by atoms with Gasteiger partial charge in [-0.3, -0.25) is 9.78 Å². The monoisotopic (exact) mass is 394 g/mol. The quantitative estimate of drug-likeness (QED) is 0.771. The van der Waals surface area contributed by atoms with Crippen LogP contribution in [0.2, 0.25) is 0 Å². The second-order valence-electron chi connectivity index (χ2n) is 6.78. The van der Waals surface area contributed by atoms with Gasteiger partial charge in [0.05, 0.1) is 25.0 Å². The molecule has 150 valence electrons. The van der Waals surface area contributed by atoms with Crippen LogP contribution >= 0.6 is 0 Å². The lowest BCUT2D eigenvalue weighted by molar-refractivity contribution is -0.153. The van der Waals surface area contributed by atoms with E-state index in [9.17, 15) is 18.0 Å². The van der Waals surface area contributed by atoms with E-state index in [-0.39, 0.29) is 29.5 Å². The zero-order valence-corrected chi connectivity index (χ0v) is 15.5. The maximum Gasteiger partial charge on any atom is 0.422 e. The van der Waals surface area contributed by atoms with Gasteiger partial charge in [-0.15, -0.1) is 0 Å². The Morgan fingerprint density at radius 2 is 2.07 bits per heavy atom. The van der Waals surface area contributed by atoms with E-state index < -0.39 is 12.8 Å². The van der Waals surface area contributed by atoms with E-state index >= 15 is 0 Å². The number of pyridine rings is 1. The third kappa shape index (κ3) is 5.15. The Hall–Kier alpha value is -2.77. The molecule has 1 aromatic carbocycles. The van der Waals surface area contributed by atoms with Gasteiger partial charge in [0.15, 0.2) is 6.61 Å². The number of hydrogen-bond acceptors (Lipinski definition) is 4. The predicted octanol–water partition coefficient (Wildman–Crippen LogP) is 4.01. The van der Waals surface area contributed by atoms with Crippen LogP contribution in [0, 0.1) is 5.92 Å². The normalized spacial score (nSPS) is 19.6. The van der Waals surface area contributed by atoms with E-state index in [1.165, 1.54) is 12.3 Å². The molecule has 0 aliphatic heterocycles. The molecular formula is C20H21F3N2O3. The molecular weight excluding hydrogens is 373 g/mol. The zero-order chi connectivity index (χ0) is 20.3. The Morgan fingerprint density at radius 3 is 2.71 bits per heavy atom. The molecule has 1 saturated carbocycles. The molecule has 1 aromatic heterocycles. The van der Waals surface area contributed by atoms with Crippen LogP contribution in [0.15, 0.2) is 42.6 Å². The van der Waals surface area contributed by atoms with Gasteiger partial charge in [-0.05, 0) is 49.1 Å². The number of methoxy groups -OCH3 is 1. The van der Waals surface area contributed by atoms with Crippen molar-refractivity contribution in [3.05, 3.63) is 53.9 Å². The number of nitrogens with zero attached hydrogens (tertiary/aromatic N) is 1. The highest BCUT2D eigenvalue weighted by Gasteiger charge is 2.44. The molecule has 0 spiro atoms. The number of alkyl halides is 3. The van der Waals surface area contributed by atoms with Gasteiger partial charge in [0.1, 0.15) is 11.5 Å². The highest BCUT2D eigenvalue weighted by molar-refractivity contribution is 5.83. The fraction of sp³-hybridized carbons (Fsp3) is 0.400. The number of amides is 1. The summed E-state index contributed by atoms with van der Waals surface area (Å²) < 4.78 is 46.4. The summed E-state index contributed by atoms with van der Waals surface area (Å²) in [5, 5.41) is 2.91. The molecule has 1 N–H and O–H groups in total. The fourth-order valence-electron chi connectivity index (χ4n) is 3.02. The van der Waals surface area contributed by atoms with Crippen LogP contribution in [0.1, 0.15) is 36.6 Å². The lowest BCUT2D eigenvalue weighted by Gasteiger charge is -2.14. The maximum atomic E-state index is 12.5. The van der Waals surface area contributed by atoms with Crippen molar-refractivity contribution in [1.82, 2.24) is 10.3 Å². The van der Waals surface area contributed by atoms with E-state index in [2.05, 4.69) is 15.0 Å². The minimum Gasteiger partial charge on any atom is -0.497 e. The molecule has 0 radical (unpaired) electrons. The van der Waals surface area contributed by atoms with Crippen LogP contribution in [-0.2, 0) is 4.79 Å². The summed E-state index contributed by atoms with van der Waals surface area (Å²) in [4.78, 5) is 16.6. The number of ether oxygens (including phenoxy) is 2. The number of hydrogen-bond donors (Lipinski definition) is 1. The molecule has 3 atom stereocenters. The van der Waals surface area contributed by atoms with Crippen molar-refractivity contribution >= 4 is 5.91 Å². The van der Waals surface area contributed by atoms with Crippen LogP contribution < -0.4 is 14.8 Å². The highest BCUT2D eigenvalue weighted by Crippen LogP contribution is 2.48. The molecule has 3 rings (SSSR count). The van der Waals surface area contributed by atoms with Gasteiger partial charge in [0, 0.05) is 5.92 Å². The molecule has 1 amide bonds. The molecule has 1 heterocycles. The SMILES string of the molecule is COc1cccc([C@H]2C[C@@H]2C(=O)N[C@H](C)c2ccc(OCC(F)(F)F)cn2)c1. The first-order valence-electron chi connectivity index (χ1n) is 8.86. The lowest BCUT2D eigenvalue weighted by atomic mass is 10.1. The van der Waals surface area contributed by atoms with Gasteiger partial charge in [0.25, 0.3) is 0 Å². The van der Waals surface area contributed by atoms with Crippen LogP contribution in [0.25, 0.3) is 0 Å². The van der Waals surface area contributed by atoms with Crippen LogP contribution in [0.5, 0.6) is 11.5 Å². The molecule has 28 heavy (non-hydrogen) atoms. The molecule has 1 fully saturated rings. The summed E-state index contributed by atoms with van der Waals surface area (Å²) >= 11 is 0.